The average molecular weight is 206 g/mol. The van der Waals surface area contributed by atoms with Crippen molar-refractivity contribution >= 4 is 0 Å². The van der Waals surface area contributed by atoms with Gasteiger partial charge in [-0.3, -0.25) is 0 Å². The Hall–Kier alpha value is -0.260. The smallest absolute Gasteiger partial charge is 0.0320 e. The highest BCUT2D eigenvalue weighted by atomic mass is 14.2. The van der Waals surface area contributed by atoms with E-state index >= 15 is 0 Å². The first-order valence-corrected chi connectivity index (χ1v) is 7.13. The summed E-state index contributed by atoms with van der Waals surface area (Å²) in [5, 5.41) is 0. The van der Waals surface area contributed by atoms with E-state index in [4.69, 9.17) is 0 Å². The maximum atomic E-state index is 2.57. The van der Waals surface area contributed by atoms with Crippen LogP contribution in [0.1, 0.15) is 77.0 Å². The summed E-state index contributed by atoms with van der Waals surface area (Å²) in [5.41, 5.74) is 1.77. The molecule has 86 valence electrons. The van der Waals surface area contributed by atoms with Crippen molar-refractivity contribution in [1.82, 2.24) is 0 Å². The third-order valence-electron chi connectivity index (χ3n) is 4.23. The van der Waals surface area contributed by atoms with Crippen LogP contribution in [0.15, 0.2) is 11.6 Å². The van der Waals surface area contributed by atoms with Crippen molar-refractivity contribution in [2.75, 3.05) is 0 Å². The van der Waals surface area contributed by atoms with Gasteiger partial charge in [0.15, 0.2) is 0 Å². The summed E-state index contributed by atoms with van der Waals surface area (Å²) < 4.78 is 0. The fourth-order valence-electron chi connectivity index (χ4n) is 3.21. The molecule has 0 bridgehead atoms. The maximum absolute atomic E-state index is 2.57. The molecule has 0 aromatic carbocycles. The topological polar surface area (TPSA) is 0 Å². The van der Waals surface area contributed by atoms with Crippen LogP contribution in [0.2, 0.25) is 0 Å². The lowest BCUT2D eigenvalue weighted by atomic mass is 9.94. The highest BCUT2D eigenvalue weighted by Gasteiger charge is 2.11. The van der Waals surface area contributed by atoms with Crippen LogP contribution in [0.4, 0.5) is 0 Å². The van der Waals surface area contributed by atoms with Crippen LogP contribution in [0.3, 0.4) is 0 Å². The molecule has 2 aliphatic carbocycles. The van der Waals surface area contributed by atoms with Crippen molar-refractivity contribution in [2.24, 2.45) is 5.92 Å². The molecule has 2 rings (SSSR count). The van der Waals surface area contributed by atoms with E-state index in [0.29, 0.717) is 0 Å². The van der Waals surface area contributed by atoms with E-state index in [0.717, 1.165) is 5.92 Å². The summed E-state index contributed by atoms with van der Waals surface area (Å²) in [6.07, 6.45) is 20.2. The Bertz CT molecular complexity index is 186. The molecule has 0 heteroatoms. The molecule has 0 heterocycles. The van der Waals surface area contributed by atoms with Gasteiger partial charge >= 0.3 is 0 Å². The zero-order valence-corrected chi connectivity index (χ0v) is 10.1. The first kappa shape index (κ1) is 11.2. The van der Waals surface area contributed by atoms with Gasteiger partial charge in [0.05, 0.1) is 0 Å². The van der Waals surface area contributed by atoms with E-state index in [-0.39, 0.29) is 0 Å². The molecular formula is C15H26. The van der Waals surface area contributed by atoms with Gasteiger partial charge in [0.2, 0.25) is 0 Å². The second-order valence-corrected chi connectivity index (χ2v) is 5.50. The molecule has 0 aromatic heterocycles. The SMILES string of the molecule is C(CCC1CCCCCC1)=C1CCCC1. The average Bonchev–Trinajstić information content (AvgIpc) is 2.62. The Morgan fingerprint density at radius 1 is 0.867 bits per heavy atom. The van der Waals surface area contributed by atoms with Gasteiger partial charge in [-0.1, -0.05) is 50.2 Å². The quantitative estimate of drug-likeness (QED) is 0.438. The number of rotatable bonds is 3. The Morgan fingerprint density at radius 3 is 2.20 bits per heavy atom. The molecule has 0 aromatic rings. The molecule has 0 atom stereocenters. The van der Waals surface area contributed by atoms with Crippen LogP contribution in [0, 0.1) is 5.92 Å². The minimum atomic E-state index is 1.06. The lowest BCUT2D eigenvalue weighted by Gasteiger charge is -2.12. The van der Waals surface area contributed by atoms with Crippen molar-refractivity contribution in [3.05, 3.63) is 11.6 Å². The normalized spacial score (nSPS) is 24.1. The standard InChI is InChI=1S/C15H26/c1-2-4-9-14(8-3-1)12-7-13-15-10-5-6-11-15/h13-14H,1-12H2. The van der Waals surface area contributed by atoms with Crippen LogP contribution in [-0.2, 0) is 0 Å². The Labute approximate surface area is 95.1 Å². The van der Waals surface area contributed by atoms with Crippen molar-refractivity contribution in [1.29, 1.82) is 0 Å². The third kappa shape index (κ3) is 4.01. The fraction of sp³-hybridized carbons (Fsp3) is 0.867. The lowest BCUT2D eigenvalue weighted by Crippen LogP contribution is -1.97. The van der Waals surface area contributed by atoms with Gasteiger partial charge in [-0.2, -0.15) is 0 Å². The molecule has 0 spiro atoms. The fourth-order valence-corrected chi connectivity index (χ4v) is 3.21. The molecule has 2 saturated carbocycles. The second kappa shape index (κ2) is 6.35. The zero-order chi connectivity index (χ0) is 10.3. The molecule has 15 heavy (non-hydrogen) atoms. The van der Waals surface area contributed by atoms with Gasteiger partial charge in [-0.25, -0.2) is 0 Å². The van der Waals surface area contributed by atoms with E-state index in [9.17, 15) is 0 Å². The van der Waals surface area contributed by atoms with Crippen molar-refractivity contribution in [2.45, 2.75) is 77.0 Å². The first-order valence-electron chi connectivity index (χ1n) is 7.13. The lowest BCUT2D eigenvalue weighted by molar-refractivity contribution is 0.431. The van der Waals surface area contributed by atoms with Crippen LogP contribution >= 0.6 is 0 Å². The summed E-state index contributed by atoms with van der Waals surface area (Å²) in [4.78, 5) is 0. The largest absolute Gasteiger partial charge is 0.0853 e. The molecule has 2 fully saturated rings. The minimum Gasteiger partial charge on any atom is -0.0853 e. The number of allylic oxidation sites excluding steroid dienone is 2. The van der Waals surface area contributed by atoms with E-state index in [1.807, 2.05) is 0 Å². The van der Waals surface area contributed by atoms with Gasteiger partial charge in [0.25, 0.3) is 0 Å². The molecule has 0 saturated heterocycles. The summed E-state index contributed by atoms with van der Waals surface area (Å²) in [6.45, 7) is 0. The van der Waals surface area contributed by atoms with Crippen molar-refractivity contribution in [3.8, 4) is 0 Å². The molecule has 0 amide bonds. The Morgan fingerprint density at radius 2 is 1.53 bits per heavy atom. The van der Waals surface area contributed by atoms with Gasteiger partial charge in [0.1, 0.15) is 0 Å². The predicted octanol–water partition coefficient (Wildman–Crippen LogP) is 5.24. The third-order valence-corrected chi connectivity index (χ3v) is 4.23. The maximum Gasteiger partial charge on any atom is -0.0320 e. The zero-order valence-electron chi connectivity index (χ0n) is 10.1. The molecule has 0 unspecified atom stereocenters. The van der Waals surface area contributed by atoms with Crippen LogP contribution in [0.25, 0.3) is 0 Å². The molecular weight excluding hydrogens is 180 g/mol. The monoisotopic (exact) mass is 206 g/mol. The molecule has 0 nitrogen and oxygen atoms in total. The summed E-state index contributed by atoms with van der Waals surface area (Å²) >= 11 is 0. The van der Waals surface area contributed by atoms with Gasteiger partial charge < -0.3 is 0 Å². The molecule has 0 aliphatic heterocycles. The minimum absolute atomic E-state index is 1.06. The van der Waals surface area contributed by atoms with Gasteiger partial charge in [-0.15, -0.1) is 0 Å². The summed E-state index contributed by atoms with van der Waals surface area (Å²) in [5.74, 6) is 1.06. The first-order chi connectivity index (χ1) is 7.45. The number of hydrogen-bond acceptors (Lipinski definition) is 0. The highest BCUT2D eigenvalue weighted by molar-refractivity contribution is 5.05. The summed E-state index contributed by atoms with van der Waals surface area (Å²) in [6, 6.07) is 0. The molecule has 0 N–H and O–H groups in total. The van der Waals surface area contributed by atoms with Crippen LogP contribution in [-0.4, -0.2) is 0 Å². The van der Waals surface area contributed by atoms with Crippen molar-refractivity contribution < 1.29 is 0 Å². The molecule has 2 aliphatic rings. The van der Waals surface area contributed by atoms with Crippen LogP contribution < -0.4 is 0 Å². The molecule has 0 radical (unpaired) electrons. The van der Waals surface area contributed by atoms with Crippen LogP contribution in [0.5, 0.6) is 0 Å². The Balaban J connectivity index is 1.65. The number of hydrogen-bond donors (Lipinski definition) is 0. The van der Waals surface area contributed by atoms with Gasteiger partial charge in [-0.05, 0) is 44.4 Å². The van der Waals surface area contributed by atoms with E-state index in [1.54, 1.807) is 5.57 Å². The van der Waals surface area contributed by atoms with E-state index < -0.39 is 0 Å². The predicted molar refractivity (Wildman–Crippen MR) is 67.0 cm³/mol. The second-order valence-electron chi connectivity index (χ2n) is 5.50. The van der Waals surface area contributed by atoms with E-state index in [2.05, 4.69) is 6.08 Å². The highest BCUT2D eigenvalue weighted by Crippen LogP contribution is 2.28. The van der Waals surface area contributed by atoms with Crippen molar-refractivity contribution in [3.63, 3.8) is 0 Å². The van der Waals surface area contributed by atoms with E-state index in [1.165, 1.54) is 77.0 Å². The van der Waals surface area contributed by atoms with Gasteiger partial charge in [0, 0.05) is 0 Å². The summed E-state index contributed by atoms with van der Waals surface area (Å²) in [7, 11) is 0. The Kier molecular flexibility index (Phi) is 4.76.